The molecule has 0 unspecified atom stereocenters. The summed E-state index contributed by atoms with van der Waals surface area (Å²) < 4.78 is 0. The SMILES string of the molecule is Cc1ccc(NC(=O)c2ccc(C(=O)CCCCCCCN)cc2)c(C(=O)Nc2ccccn2)c1. The van der Waals surface area contributed by atoms with Gasteiger partial charge < -0.3 is 16.4 Å². The van der Waals surface area contributed by atoms with Crippen LogP contribution in [0.1, 0.15) is 75.2 Å². The van der Waals surface area contributed by atoms with Crippen molar-refractivity contribution in [3.05, 3.63) is 89.1 Å². The van der Waals surface area contributed by atoms with E-state index in [9.17, 15) is 14.4 Å². The molecule has 7 heteroatoms. The largest absolute Gasteiger partial charge is 0.330 e. The highest BCUT2D eigenvalue weighted by atomic mass is 16.2. The van der Waals surface area contributed by atoms with Crippen LogP contribution in [-0.2, 0) is 0 Å². The minimum absolute atomic E-state index is 0.0720. The number of rotatable bonds is 12. The van der Waals surface area contributed by atoms with Crippen molar-refractivity contribution in [3.63, 3.8) is 0 Å². The van der Waals surface area contributed by atoms with Crippen LogP contribution in [0.4, 0.5) is 11.5 Å². The fourth-order valence-corrected chi connectivity index (χ4v) is 3.68. The molecule has 1 heterocycles. The number of amides is 2. The number of pyridine rings is 1. The summed E-state index contributed by atoms with van der Waals surface area (Å²) in [5.74, 6) is -0.235. The first kappa shape index (κ1) is 25.8. The Morgan fingerprint density at radius 1 is 0.800 bits per heavy atom. The summed E-state index contributed by atoms with van der Waals surface area (Å²) in [6.07, 6.45) is 7.16. The quantitative estimate of drug-likeness (QED) is 0.242. The lowest BCUT2D eigenvalue weighted by Gasteiger charge is -2.12. The molecule has 35 heavy (non-hydrogen) atoms. The molecule has 3 aromatic rings. The Morgan fingerprint density at radius 3 is 2.23 bits per heavy atom. The van der Waals surface area contributed by atoms with Crippen LogP contribution >= 0.6 is 0 Å². The number of carbonyl (C=O) groups excluding carboxylic acids is 3. The van der Waals surface area contributed by atoms with Gasteiger partial charge in [-0.1, -0.05) is 49.1 Å². The van der Waals surface area contributed by atoms with Gasteiger partial charge >= 0.3 is 0 Å². The standard InChI is InChI=1S/C28H32N4O3/c1-20-11-16-24(23(19-20)28(35)32-26-10-6-8-18-30-26)31-27(34)22-14-12-21(13-15-22)25(33)9-5-3-2-4-7-17-29/h6,8,10-16,18-19H,2-5,7,9,17,29H2,1H3,(H,31,34)(H,30,32,35). The summed E-state index contributed by atoms with van der Waals surface area (Å²) in [5.41, 5.74) is 8.10. The second-order valence-electron chi connectivity index (χ2n) is 8.48. The first-order chi connectivity index (χ1) is 17.0. The average Bonchev–Trinajstić information content (AvgIpc) is 2.87. The highest BCUT2D eigenvalue weighted by Crippen LogP contribution is 2.20. The minimum atomic E-state index is -0.369. The van der Waals surface area contributed by atoms with E-state index in [1.54, 1.807) is 60.8 Å². The van der Waals surface area contributed by atoms with Crippen LogP contribution in [0.3, 0.4) is 0 Å². The highest BCUT2D eigenvalue weighted by Gasteiger charge is 2.16. The number of benzene rings is 2. The van der Waals surface area contributed by atoms with Gasteiger partial charge in [0.25, 0.3) is 11.8 Å². The van der Waals surface area contributed by atoms with E-state index in [-0.39, 0.29) is 17.6 Å². The van der Waals surface area contributed by atoms with Crippen LogP contribution in [0.25, 0.3) is 0 Å². The maximum Gasteiger partial charge on any atom is 0.258 e. The maximum absolute atomic E-state index is 12.9. The molecule has 0 saturated carbocycles. The predicted octanol–water partition coefficient (Wildman–Crippen LogP) is 5.38. The van der Waals surface area contributed by atoms with E-state index in [1.165, 1.54) is 0 Å². The van der Waals surface area contributed by atoms with E-state index in [2.05, 4.69) is 15.6 Å². The van der Waals surface area contributed by atoms with Crippen LogP contribution < -0.4 is 16.4 Å². The number of unbranched alkanes of at least 4 members (excludes halogenated alkanes) is 4. The third-order valence-corrected chi connectivity index (χ3v) is 5.65. The van der Waals surface area contributed by atoms with Gasteiger partial charge in [-0.15, -0.1) is 0 Å². The van der Waals surface area contributed by atoms with Crippen LogP contribution in [-0.4, -0.2) is 29.1 Å². The Hall–Kier alpha value is -3.84. The van der Waals surface area contributed by atoms with Gasteiger partial charge in [0, 0.05) is 23.7 Å². The minimum Gasteiger partial charge on any atom is -0.330 e. The Bertz CT molecular complexity index is 1140. The third kappa shape index (κ3) is 7.86. The van der Waals surface area contributed by atoms with Crippen molar-refractivity contribution in [2.75, 3.05) is 17.2 Å². The zero-order chi connectivity index (χ0) is 25.0. The zero-order valence-electron chi connectivity index (χ0n) is 20.0. The second-order valence-corrected chi connectivity index (χ2v) is 8.48. The molecule has 0 saturated heterocycles. The molecule has 0 spiro atoms. The summed E-state index contributed by atoms with van der Waals surface area (Å²) in [6, 6.07) is 17.1. The van der Waals surface area contributed by atoms with Crippen molar-refractivity contribution in [2.45, 2.75) is 45.4 Å². The Morgan fingerprint density at radius 2 is 1.51 bits per heavy atom. The number of aromatic nitrogens is 1. The van der Waals surface area contributed by atoms with E-state index in [1.807, 2.05) is 13.0 Å². The van der Waals surface area contributed by atoms with Gasteiger partial charge in [0.2, 0.25) is 0 Å². The Balaban J connectivity index is 1.61. The van der Waals surface area contributed by atoms with E-state index in [0.717, 1.165) is 37.7 Å². The summed E-state index contributed by atoms with van der Waals surface area (Å²) in [5, 5.41) is 5.56. The number of nitrogens with zero attached hydrogens (tertiary/aromatic N) is 1. The van der Waals surface area contributed by atoms with Crippen molar-refractivity contribution in [3.8, 4) is 0 Å². The van der Waals surface area contributed by atoms with Crippen LogP contribution in [0.15, 0.2) is 66.9 Å². The monoisotopic (exact) mass is 472 g/mol. The lowest BCUT2D eigenvalue weighted by molar-refractivity contribution is 0.0975. The summed E-state index contributed by atoms with van der Waals surface area (Å²) in [6.45, 7) is 2.58. The molecule has 7 nitrogen and oxygen atoms in total. The zero-order valence-corrected chi connectivity index (χ0v) is 20.0. The van der Waals surface area contributed by atoms with Gasteiger partial charge in [0.1, 0.15) is 5.82 Å². The first-order valence-corrected chi connectivity index (χ1v) is 12.0. The second kappa shape index (κ2) is 13.2. The number of ketones is 1. The predicted molar refractivity (Wildman–Crippen MR) is 139 cm³/mol. The molecular weight excluding hydrogens is 440 g/mol. The lowest BCUT2D eigenvalue weighted by atomic mass is 10.0. The van der Waals surface area contributed by atoms with E-state index in [0.29, 0.717) is 41.2 Å². The highest BCUT2D eigenvalue weighted by molar-refractivity contribution is 6.12. The molecule has 2 amide bonds. The van der Waals surface area contributed by atoms with Crippen LogP contribution in [0.5, 0.6) is 0 Å². The number of nitrogens with one attached hydrogen (secondary N) is 2. The Kier molecular flexibility index (Phi) is 9.69. The molecule has 3 rings (SSSR count). The maximum atomic E-state index is 12.9. The van der Waals surface area contributed by atoms with Gasteiger partial charge in [0.15, 0.2) is 5.78 Å². The van der Waals surface area contributed by atoms with Crippen molar-refractivity contribution in [2.24, 2.45) is 5.73 Å². The molecular formula is C28H32N4O3. The van der Waals surface area contributed by atoms with Crippen molar-refractivity contribution < 1.29 is 14.4 Å². The van der Waals surface area contributed by atoms with Gasteiger partial charge in [-0.25, -0.2) is 4.98 Å². The lowest BCUT2D eigenvalue weighted by Crippen LogP contribution is -2.19. The molecule has 0 aliphatic carbocycles. The molecule has 2 aromatic carbocycles. The number of Topliss-reactive ketones (excluding diaryl/α,β-unsaturated/α-hetero) is 1. The molecule has 182 valence electrons. The molecule has 0 atom stereocenters. The van der Waals surface area contributed by atoms with E-state index >= 15 is 0 Å². The molecule has 4 N–H and O–H groups in total. The van der Waals surface area contributed by atoms with Crippen molar-refractivity contribution >= 4 is 29.1 Å². The van der Waals surface area contributed by atoms with Gasteiger partial charge in [0.05, 0.1) is 11.3 Å². The molecule has 1 aromatic heterocycles. The summed E-state index contributed by atoms with van der Waals surface area (Å²) in [7, 11) is 0. The normalized spacial score (nSPS) is 10.6. The summed E-state index contributed by atoms with van der Waals surface area (Å²) in [4.78, 5) is 42.2. The van der Waals surface area contributed by atoms with Crippen molar-refractivity contribution in [1.82, 2.24) is 4.98 Å². The van der Waals surface area contributed by atoms with Crippen molar-refractivity contribution in [1.29, 1.82) is 0 Å². The van der Waals surface area contributed by atoms with E-state index in [4.69, 9.17) is 5.73 Å². The van der Waals surface area contributed by atoms with Crippen LogP contribution in [0, 0.1) is 6.92 Å². The smallest absolute Gasteiger partial charge is 0.258 e. The number of nitrogens with two attached hydrogens (primary N) is 1. The summed E-state index contributed by atoms with van der Waals surface area (Å²) >= 11 is 0. The molecule has 0 aliphatic rings. The average molecular weight is 473 g/mol. The number of hydrogen-bond donors (Lipinski definition) is 3. The topological polar surface area (TPSA) is 114 Å². The first-order valence-electron chi connectivity index (χ1n) is 12.0. The molecule has 0 fully saturated rings. The molecule has 0 aliphatic heterocycles. The van der Waals surface area contributed by atoms with Gasteiger partial charge in [-0.3, -0.25) is 14.4 Å². The van der Waals surface area contributed by atoms with Gasteiger partial charge in [-0.2, -0.15) is 0 Å². The number of hydrogen-bond acceptors (Lipinski definition) is 5. The number of anilines is 2. The Labute approximate surface area is 206 Å². The molecule has 0 radical (unpaired) electrons. The van der Waals surface area contributed by atoms with Crippen LogP contribution in [0.2, 0.25) is 0 Å². The van der Waals surface area contributed by atoms with E-state index < -0.39 is 0 Å². The number of aryl methyl sites for hydroxylation is 1. The number of carbonyl (C=O) groups is 3. The fourth-order valence-electron chi connectivity index (χ4n) is 3.68. The fraction of sp³-hybridized carbons (Fsp3) is 0.286. The third-order valence-electron chi connectivity index (χ3n) is 5.65. The van der Waals surface area contributed by atoms with Gasteiger partial charge in [-0.05, 0) is 62.7 Å². The molecule has 0 bridgehead atoms.